The van der Waals surface area contributed by atoms with Crippen LogP contribution in [0.4, 0.5) is 0 Å². The highest BCUT2D eigenvalue weighted by molar-refractivity contribution is 7.20. The van der Waals surface area contributed by atoms with E-state index in [1.807, 2.05) is 0 Å². The maximum atomic E-state index is 6.84. The van der Waals surface area contributed by atoms with Crippen LogP contribution in [-0.4, -0.2) is 7.38 Å². The molecule has 0 aromatic carbocycles. The number of hydrogen-bond acceptors (Lipinski definition) is 0. The van der Waals surface area contributed by atoms with Crippen molar-refractivity contribution in [1.29, 1.82) is 0 Å². The molecule has 0 rings (SSSR count). The van der Waals surface area contributed by atoms with E-state index in [4.69, 9.17) is 11.1 Å². The Labute approximate surface area is 109 Å². The average Bonchev–Trinajstić information content (AvgIpc) is 1.95. The maximum Gasteiger partial charge on any atom is 0.156 e. The standard InChI is InChI=1S/C14H31ClSi/c1-9-12(2)16(8,15)11-14(6,7)10-13(3,4)5/h12H,9-11H2,1-8H3. The Morgan fingerprint density at radius 1 is 1.12 bits per heavy atom. The molecule has 0 fully saturated rings. The molecular weight excluding hydrogens is 232 g/mol. The number of halogens is 1. The molecule has 0 aromatic heterocycles. The summed E-state index contributed by atoms with van der Waals surface area (Å²) in [6, 6.07) is 1.23. The molecule has 0 N–H and O–H groups in total. The summed E-state index contributed by atoms with van der Waals surface area (Å²) in [6.07, 6.45) is 2.48. The van der Waals surface area contributed by atoms with Gasteiger partial charge < -0.3 is 0 Å². The van der Waals surface area contributed by atoms with Crippen molar-refractivity contribution in [1.82, 2.24) is 0 Å². The van der Waals surface area contributed by atoms with Gasteiger partial charge in [0.25, 0.3) is 0 Å². The normalized spacial score (nSPS) is 19.3. The van der Waals surface area contributed by atoms with Crippen LogP contribution in [0.15, 0.2) is 0 Å². The fraction of sp³-hybridized carbons (Fsp3) is 1.00. The second-order valence-corrected chi connectivity index (χ2v) is 14.2. The van der Waals surface area contributed by atoms with Gasteiger partial charge in [0.2, 0.25) is 0 Å². The van der Waals surface area contributed by atoms with Crippen LogP contribution in [0.1, 0.15) is 61.3 Å². The van der Waals surface area contributed by atoms with Gasteiger partial charge in [0.1, 0.15) is 0 Å². The summed E-state index contributed by atoms with van der Waals surface area (Å²) in [5.41, 5.74) is 1.50. The lowest BCUT2D eigenvalue weighted by atomic mass is 9.77. The minimum Gasteiger partial charge on any atom is -0.167 e. The second-order valence-electron chi connectivity index (χ2n) is 7.67. The van der Waals surface area contributed by atoms with Crippen molar-refractivity contribution in [2.24, 2.45) is 10.8 Å². The quantitative estimate of drug-likeness (QED) is 0.417. The first kappa shape index (κ1) is 16.5. The van der Waals surface area contributed by atoms with Gasteiger partial charge in [0.15, 0.2) is 7.38 Å². The first-order valence-corrected chi connectivity index (χ1v) is 10.4. The first-order valence-electron chi connectivity index (χ1n) is 6.58. The molecule has 2 heteroatoms. The van der Waals surface area contributed by atoms with Crippen molar-refractivity contribution in [2.45, 2.75) is 79.4 Å². The van der Waals surface area contributed by atoms with Gasteiger partial charge in [-0.1, -0.05) is 61.4 Å². The summed E-state index contributed by atoms with van der Waals surface area (Å²) in [7, 11) is -1.57. The average molecular weight is 263 g/mol. The molecule has 0 nitrogen and oxygen atoms in total. The first-order chi connectivity index (χ1) is 6.90. The predicted molar refractivity (Wildman–Crippen MR) is 79.8 cm³/mol. The van der Waals surface area contributed by atoms with Gasteiger partial charge in [0.05, 0.1) is 0 Å². The fourth-order valence-electron chi connectivity index (χ4n) is 3.03. The third-order valence-electron chi connectivity index (χ3n) is 3.47. The van der Waals surface area contributed by atoms with E-state index in [1.54, 1.807) is 0 Å². The van der Waals surface area contributed by atoms with Gasteiger partial charge >= 0.3 is 0 Å². The molecule has 0 aliphatic carbocycles. The molecule has 0 aliphatic rings. The van der Waals surface area contributed by atoms with Crippen molar-refractivity contribution in [3.63, 3.8) is 0 Å². The van der Waals surface area contributed by atoms with E-state index in [0.717, 1.165) is 0 Å². The molecule has 2 atom stereocenters. The maximum absolute atomic E-state index is 6.84. The number of rotatable bonds is 5. The van der Waals surface area contributed by atoms with Gasteiger partial charge in [-0.05, 0) is 28.8 Å². The van der Waals surface area contributed by atoms with E-state index in [1.165, 1.54) is 18.9 Å². The van der Waals surface area contributed by atoms with E-state index < -0.39 is 7.38 Å². The van der Waals surface area contributed by atoms with Gasteiger partial charge in [-0.25, -0.2) is 0 Å². The zero-order valence-electron chi connectivity index (χ0n) is 12.6. The lowest BCUT2D eigenvalue weighted by molar-refractivity contribution is 0.231. The molecule has 0 aromatic rings. The summed E-state index contributed by atoms with van der Waals surface area (Å²) in [5, 5.41) is 0. The smallest absolute Gasteiger partial charge is 0.156 e. The lowest BCUT2D eigenvalue weighted by Crippen LogP contribution is -2.35. The Morgan fingerprint density at radius 2 is 1.56 bits per heavy atom. The third-order valence-corrected chi connectivity index (χ3v) is 9.10. The SMILES string of the molecule is CCC(C)[Si](C)(Cl)CC(C)(C)CC(C)(C)C. The van der Waals surface area contributed by atoms with Crippen LogP contribution in [0.2, 0.25) is 18.1 Å². The molecule has 0 bridgehead atoms. The van der Waals surface area contributed by atoms with Gasteiger partial charge in [-0.15, -0.1) is 0 Å². The van der Waals surface area contributed by atoms with Gasteiger partial charge in [-0.3, -0.25) is 0 Å². The minimum atomic E-state index is -1.57. The summed E-state index contributed by atoms with van der Waals surface area (Å²) < 4.78 is 0. The molecule has 0 aliphatic heterocycles. The Balaban J connectivity index is 4.57. The molecule has 16 heavy (non-hydrogen) atoms. The lowest BCUT2D eigenvalue weighted by Gasteiger charge is -2.38. The van der Waals surface area contributed by atoms with E-state index >= 15 is 0 Å². The number of hydrogen-bond donors (Lipinski definition) is 0. The zero-order chi connectivity index (χ0) is 13.2. The highest BCUT2D eigenvalue weighted by atomic mass is 35.6. The molecule has 0 radical (unpaired) electrons. The minimum absolute atomic E-state index is 0.379. The second kappa shape index (κ2) is 5.43. The molecule has 0 saturated heterocycles. The van der Waals surface area contributed by atoms with Crippen LogP contribution in [0.25, 0.3) is 0 Å². The van der Waals surface area contributed by atoms with E-state index in [9.17, 15) is 0 Å². The molecule has 0 amide bonds. The van der Waals surface area contributed by atoms with Crippen molar-refractivity contribution in [3.05, 3.63) is 0 Å². The monoisotopic (exact) mass is 262 g/mol. The highest BCUT2D eigenvalue weighted by Crippen LogP contribution is 2.44. The van der Waals surface area contributed by atoms with Crippen LogP contribution in [0.3, 0.4) is 0 Å². The molecule has 98 valence electrons. The topological polar surface area (TPSA) is 0 Å². The molecule has 0 heterocycles. The van der Waals surface area contributed by atoms with Crippen molar-refractivity contribution >= 4 is 18.5 Å². The van der Waals surface area contributed by atoms with Crippen molar-refractivity contribution < 1.29 is 0 Å². The van der Waals surface area contributed by atoms with Crippen LogP contribution >= 0.6 is 11.1 Å². The van der Waals surface area contributed by atoms with Gasteiger partial charge in [-0.2, -0.15) is 11.1 Å². The predicted octanol–water partition coefficient (Wildman–Crippen LogP) is 6.06. The Bertz CT molecular complexity index is 213. The van der Waals surface area contributed by atoms with Crippen LogP contribution in [0, 0.1) is 10.8 Å². The zero-order valence-corrected chi connectivity index (χ0v) is 14.3. The van der Waals surface area contributed by atoms with Crippen LogP contribution in [-0.2, 0) is 0 Å². The Kier molecular flexibility index (Phi) is 5.61. The van der Waals surface area contributed by atoms with Crippen molar-refractivity contribution in [2.75, 3.05) is 0 Å². The Hall–Kier alpha value is 0.507. The molecule has 0 spiro atoms. The van der Waals surface area contributed by atoms with E-state index in [0.29, 0.717) is 16.4 Å². The molecule has 0 saturated carbocycles. The third kappa shape index (κ3) is 6.29. The Morgan fingerprint density at radius 3 is 1.88 bits per heavy atom. The van der Waals surface area contributed by atoms with Crippen molar-refractivity contribution in [3.8, 4) is 0 Å². The van der Waals surface area contributed by atoms with Gasteiger partial charge in [0, 0.05) is 0 Å². The summed E-state index contributed by atoms with van der Waals surface area (Å²) in [5.74, 6) is 0. The van der Waals surface area contributed by atoms with E-state index in [2.05, 4.69) is 55.0 Å². The largest absolute Gasteiger partial charge is 0.167 e. The summed E-state index contributed by atoms with van der Waals surface area (Å²) in [4.78, 5) is 0. The molecular formula is C14H31ClSi. The molecule has 2 unspecified atom stereocenters. The van der Waals surface area contributed by atoms with E-state index in [-0.39, 0.29) is 0 Å². The van der Waals surface area contributed by atoms with Crippen LogP contribution < -0.4 is 0 Å². The summed E-state index contributed by atoms with van der Waals surface area (Å²) in [6.45, 7) is 18.7. The highest BCUT2D eigenvalue weighted by Gasteiger charge is 2.38. The fourth-order valence-corrected chi connectivity index (χ4v) is 7.78. The van der Waals surface area contributed by atoms with Crippen LogP contribution in [0.5, 0.6) is 0 Å². The summed E-state index contributed by atoms with van der Waals surface area (Å²) >= 11 is 6.84.